The molecule has 6 heteroatoms. The fraction of sp³-hybridized carbons (Fsp3) is 0.300. The summed E-state index contributed by atoms with van der Waals surface area (Å²) in [5.41, 5.74) is 2.68. The van der Waals surface area contributed by atoms with Gasteiger partial charge >= 0.3 is 0 Å². The molecule has 0 saturated heterocycles. The van der Waals surface area contributed by atoms with Crippen LogP contribution in [-0.2, 0) is 6.54 Å². The minimum atomic E-state index is -0.220. The maximum atomic E-state index is 12.6. The van der Waals surface area contributed by atoms with Crippen molar-refractivity contribution in [1.29, 1.82) is 0 Å². The molecule has 0 N–H and O–H groups in total. The van der Waals surface area contributed by atoms with E-state index in [1.807, 2.05) is 37.3 Å². The number of hydrogen-bond acceptors (Lipinski definition) is 4. The molecule has 26 heavy (non-hydrogen) atoms. The molecule has 1 aliphatic heterocycles. The zero-order valence-electron chi connectivity index (χ0n) is 14.8. The first-order valence-electron chi connectivity index (χ1n) is 8.74. The summed E-state index contributed by atoms with van der Waals surface area (Å²) >= 11 is 1.50. The molecule has 0 atom stereocenters. The van der Waals surface area contributed by atoms with Crippen LogP contribution in [0.1, 0.15) is 29.3 Å². The molecule has 0 fully saturated rings. The number of ether oxygens (including phenoxy) is 2. The number of nitrogens with zero attached hydrogens (tertiary/aromatic N) is 2. The van der Waals surface area contributed by atoms with E-state index < -0.39 is 0 Å². The number of carbonyl (C=O) groups is 1. The van der Waals surface area contributed by atoms with Crippen LogP contribution in [0.25, 0.3) is 10.2 Å². The summed E-state index contributed by atoms with van der Waals surface area (Å²) < 4.78 is 14.5. The van der Waals surface area contributed by atoms with Crippen LogP contribution in [0, 0.1) is 6.92 Å². The summed E-state index contributed by atoms with van der Waals surface area (Å²) in [6.45, 7) is 5.99. The Bertz CT molecular complexity index is 1050. The van der Waals surface area contributed by atoms with Crippen LogP contribution in [0.2, 0.25) is 0 Å². The molecule has 1 amide bonds. The summed E-state index contributed by atoms with van der Waals surface area (Å²) in [6.07, 6.45) is 0.950. The van der Waals surface area contributed by atoms with Crippen LogP contribution in [0.4, 0.5) is 0 Å². The largest absolute Gasteiger partial charge is 0.486 e. The van der Waals surface area contributed by atoms with Gasteiger partial charge in [0.25, 0.3) is 5.91 Å². The SMILES string of the molecule is CCCn1c(=NC(=O)c2cccc(C)c2)sc2cc3c(cc21)OCCO3. The van der Waals surface area contributed by atoms with Gasteiger partial charge in [-0.15, -0.1) is 0 Å². The van der Waals surface area contributed by atoms with E-state index in [1.165, 1.54) is 11.3 Å². The summed E-state index contributed by atoms with van der Waals surface area (Å²) in [7, 11) is 0. The van der Waals surface area contributed by atoms with E-state index in [0.29, 0.717) is 23.6 Å². The minimum absolute atomic E-state index is 0.220. The van der Waals surface area contributed by atoms with Gasteiger partial charge in [0.15, 0.2) is 16.3 Å². The third-order valence-electron chi connectivity index (χ3n) is 4.26. The molecule has 2 heterocycles. The maximum absolute atomic E-state index is 12.6. The highest BCUT2D eigenvalue weighted by atomic mass is 32.1. The number of amides is 1. The maximum Gasteiger partial charge on any atom is 0.279 e. The Kier molecular flexibility index (Phi) is 4.51. The molecule has 0 aliphatic carbocycles. The Balaban J connectivity index is 1.85. The zero-order chi connectivity index (χ0) is 18.1. The van der Waals surface area contributed by atoms with Gasteiger partial charge in [0.2, 0.25) is 0 Å². The van der Waals surface area contributed by atoms with Crippen LogP contribution in [-0.4, -0.2) is 23.7 Å². The molecule has 0 saturated carbocycles. The van der Waals surface area contributed by atoms with Gasteiger partial charge in [-0.2, -0.15) is 4.99 Å². The van der Waals surface area contributed by atoms with Crippen molar-refractivity contribution in [3.05, 3.63) is 52.3 Å². The predicted octanol–water partition coefficient (Wildman–Crippen LogP) is 3.93. The van der Waals surface area contributed by atoms with Crippen LogP contribution >= 0.6 is 11.3 Å². The Morgan fingerprint density at radius 3 is 2.69 bits per heavy atom. The second kappa shape index (κ2) is 6.96. The van der Waals surface area contributed by atoms with Gasteiger partial charge in [-0.05, 0) is 25.5 Å². The molecular formula is C20H20N2O3S. The lowest BCUT2D eigenvalue weighted by atomic mass is 10.1. The van der Waals surface area contributed by atoms with Crippen molar-refractivity contribution in [3.8, 4) is 11.5 Å². The molecule has 0 bridgehead atoms. The van der Waals surface area contributed by atoms with Crippen molar-refractivity contribution in [3.63, 3.8) is 0 Å². The first-order chi connectivity index (χ1) is 12.7. The zero-order valence-corrected chi connectivity index (χ0v) is 15.6. The number of rotatable bonds is 3. The van der Waals surface area contributed by atoms with Crippen molar-refractivity contribution in [2.45, 2.75) is 26.8 Å². The second-order valence-electron chi connectivity index (χ2n) is 6.29. The molecule has 0 unspecified atom stereocenters. The van der Waals surface area contributed by atoms with Crippen molar-refractivity contribution in [2.24, 2.45) is 4.99 Å². The first-order valence-corrected chi connectivity index (χ1v) is 9.56. The van der Waals surface area contributed by atoms with E-state index in [0.717, 1.165) is 40.2 Å². The lowest BCUT2D eigenvalue weighted by Crippen LogP contribution is -2.17. The molecule has 1 aromatic heterocycles. The van der Waals surface area contributed by atoms with Crippen LogP contribution in [0.5, 0.6) is 11.5 Å². The topological polar surface area (TPSA) is 52.8 Å². The Morgan fingerprint density at radius 1 is 1.19 bits per heavy atom. The molecule has 4 rings (SSSR count). The van der Waals surface area contributed by atoms with E-state index in [4.69, 9.17) is 9.47 Å². The summed E-state index contributed by atoms with van der Waals surface area (Å²) in [4.78, 5) is 17.8. The predicted molar refractivity (Wildman–Crippen MR) is 102 cm³/mol. The van der Waals surface area contributed by atoms with E-state index in [-0.39, 0.29) is 5.91 Å². The van der Waals surface area contributed by atoms with Crippen molar-refractivity contribution in [1.82, 2.24) is 4.57 Å². The number of carbonyl (C=O) groups excluding carboxylic acids is 1. The first kappa shape index (κ1) is 16.8. The molecule has 1 aliphatic rings. The van der Waals surface area contributed by atoms with Gasteiger partial charge in [-0.25, -0.2) is 0 Å². The second-order valence-corrected chi connectivity index (χ2v) is 7.30. The average Bonchev–Trinajstić information content (AvgIpc) is 2.96. The Hall–Kier alpha value is -2.60. The van der Waals surface area contributed by atoms with E-state index >= 15 is 0 Å². The Labute approximate surface area is 155 Å². The lowest BCUT2D eigenvalue weighted by molar-refractivity contribution is 0.0997. The van der Waals surface area contributed by atoms with Gasteiger partial charge in [0.05, 0.1) is 10.2 Å². The molecule has 0 spiro atoms. The van der Waals surface area contributed by atoms with Gasteiger partial charge in [0.1, 0.15) is 13.2 Å². The number of thiazole rings is 1. The van der Waals surface area contributed by atoms with E-state index in [2.05, 4.69) is 16.5 Å². The van der Waals surface area contributed by atoms with Gasteiger partial charge in [0, 0.05) is 24.2 Å². The highest BCUT2D eigenvalue weighted by Gasteiger charge is 2.16. The molecule has 0 radical (unpaired) electrons. The third kappa shape index (κ3) is 3.12. The minimum Gasteiger partial charge on any atom is -0.486 e. The lowest BCUT2D eigenvalue weighted by Gasteiger charge is -2.18. The average molecular weight is 368 g/mol. The van der Waals surface area contributed by atoms with Crippen LogP contribution in [0.3, 0.4) is 0 Å². The normalized spacial score (nSPS) is 14.0. The molecule has 5 nitrogen and oxygen atoms in total. The van der Waals surface area contributed by atoms with Crippen LogP contribution < -0.4 is 14.3 Å². The highest BCUT2D eigenvalue weighted by molar-refractivity contribution is 7.16. The fourth-order valence-electron chi connectivity index (χ4n) is 3.06. The quantitative estimate of drug-likeness (QED) is 0.704. The third-order valence-corrected chi connectivity index (χ3v) is 5.30. The van der Waals surface area contributed by atoms with Gasteiger partial charge < -0.3 is 14.0 Å². The molecule has 134 valence electrons. The van der Waals surface area contributed by atoms with E-state index in [9.17, 15) is 4.79 Å². The summed E-state index contributed by atoms with van der Waals surface area (Å²) in [6, 6.07) is 11.5. The van der Waals surface area contributed by atoms with Gasteiger partial charge in [-0.3, -0.25) is 4.79 Å². The number of hydrogen-bond donors (Lipinski definition) is 0. The number of fused-ring (bicyclic) bond motifs is 2. The summed E-state index contributed by atoms with van der Waals surface area (Å²) in [5.74, 6) is 1.29. The summed E-state index contributed by atoms with van der Waals surface area (Å²) in [5, 5.41) is 0. The Morgan fingerprint density at radius 2 is 1.96 bits per heavy atom. The fourth-order valence-corrected chi connectivity index (χ4v) is 4.13. The van der Waals surface area contributed by atoms with Crippen molar-refractivity contribution >= 4 is 27.5 Å². The van der Waals surface area contributed by atoms with Crippen LogP contribution in [0.15, 0.2) is 41.4 Å². The number of aromatic nitrogens is 1. The molecule has 2 aromatic carbocycles. The number of aryl methyl sites for hydroxylation is 2. The van der Waals surface area contributed by atoms with Gasteiger partial charge in [-0.1, -0.05) is 36.0 Å². The molecular weight excluding hydrogens is 348 g/mol. The smallest absolute Gasteiger partial charge is 0.279 e. The van der Waals surface area contributed by atoms with Crippen molar-refractivity contribution in [2.75, 3.05) is 13.2 Å². The van der Waals surface area contributed by atoms with Crippen molar-refractivity contribution < 1.29 is 14.3 Å². The standard InChI is InChI=1S/C20H20N2O3S/c1-3-7-22-15-11-16-17(25-9-8-24-16)12-18(15)26-20(22)21-19(23)14-6-4-5-13(2)10-14/h4-6,10-12H,3,7-9H2,1-2H3. The van der Waals surface area contributed by atoms with E-state index in [1.54, 1.807) is 6.07 Å². The highest BCUT2D eigenvalue weighted by Crippen LogP contribution is 2.35. The molecule has 3 aromatic rings. The monoisotopic (exact) mass is 368 g/mol. The number of benzene rings is 2.